The number of hydrogen-bond donors (Lipinski definition) is 3. The largest absolute Gasteiger partial charge is 0.391 e. The molecule has 0 aliphatic heterocycles. The van der Waals surface area contributed by atoms with Crippen molar-refractivity contribution in [3.63, 3.8) is 0 Å². The maximum atomic E-state index is 11.6. The van der Waals surface area contributed by atoms with E-state index in [1.54, 1.807) is 0 Å². The van der Waals surface area contributed by atoms with E-state index in [9.17, 15) is 13.5 Å². The van der Waals surface area contributed by atoms with Crippen LogP contribution < -0.4 is 9.44 Å². The fourth-order valence-electron chi connectivity index (χ4n) is 1.77. The molecule has 2 atom stereocenters. The number of rotatable bonds is 5. The van der Waals surface area contributed by atoms with Crippen molar-refractivity contribution >= 4 is 10.2 Å². The van der Waals surface area contributed by atoms with Crippen molar-refractivity contribution in [1.29, 1.82) is 0 Å². The van der Waals surface area contributed by atoms with Crippen LogP contribution in [0.15, 0.2) is 0 Å². The van der Waals surface area contributed by atoms with Crippen LogP contribution in [0.1, 0.15) is 39.5 Å². The topological polar surface area (TPSA) is 78.4 Å². The van der Waals surface area contributed by atoms with Gasteiger partial charge < -0.3 is 5.11 Å². The standard InChI is InChI=1S/C10H22N2O3S/c1-8(2)7-11-16(14,15)12-9-5-3-4-6-10(9)13/h8-13H,3-7H2,1-2H3/t9-,10-/m1/s1. The summed E-state index contributed by atoms with van der Waals surface area (Å²) in [6.45, 7) is 4.30. The van der Waals surface area contributed by atoms with Gasteiger partial charge in [0.25, 0.3) is 10.2 Å². The van der Waals surface area contributed by atoms with Gasteiger partial charge in [-0.05, 0) is 18.8 Å². The third-order valence-corrected chi connectivity index (χ3v) is 3.88. The second kappa shape index (κ2) is 5.95. The molecule has 1 saturated carbocycles. The molecule has 3 N–H and O–H groups in total. The van der Waals surface area contributed by atoms with E-state index in [2.05, 4.69) is 9.44 Å². The van der Waals surface area contributed by atoms with Crippen molar-refractivity contribution in [3.05, 3.63) is 0 Å². The van der Waals surface area contributed by atoms with E-state index in [4.69, 9.17) is 0 Å². The molecule has 6 heteroatoms. The summed E-state index contributed by atoms with van der Waals surface area (Å²) in [6.07, 6.45) is 2.78. The summed E-state index contributed by atoms with van der Waals surface area (Å²) in [7, 11) is -3.47. The van der Waals surface area contributed by atoms with Gasteiger partial charge in [-0.2, -0.15) is 13.1 Å². The Bertz CT molecular complexity index is 303. The molecule has 0 bridgehead atoms. The molecule has 1 rings (SSSR count). The number of nitrogens with one attached hydrogen (secondary N) is 2. The smallest absolute Gasteiger partial charge is 0.277 e. The highest BCUT2D eigenvalue weighted by Gasteiger charge is 2.26. The van der Waals surface area contributed by atoms with Crippen LogP contribution in [0.5, 0.6) is 0 Å². The molecule has 0 radical (unpaired) electrons. The first kappa shape index (κ1) is 13.9. The van der Waals surface area contributed by atoms with Gasteiger partial charge in [0.05, 0.1) is 6.10 Å². The van der Waals surface area contributed by atoms with E-state index >= 15 is 0 Å². The van der Waals surface area contributed by atoms with Crippen molar-refractivity contribution in [2.24, 2.45) is 5.92 Å². The zero-order chi connectivity index (χ0) is 12.2. The minimum atomic E-state index is -3.47. The normalized spacial score (nSPS) is 27.2. The zero-order valence-electron chi connectivity index (χ0n) is 9.94. The molecule has 1 aliphatic rings. The van der Waals surface area contributed by atoms with Gasteiger partial charge in [-0.25, -0.2) is 4.72 Å². The molecule has 1 fully saturated rings. The molecule has 1 aliphatic carbocycles. The van der Waals surface area contributed by atoms with E-state index in [0.717, 1.165) is 12.8 Å². The van der Waals surface area contributed by atoms with Crippen LogP contribution in [0.3, 0.4) is 0 Å². The van der Waals surface area contributed by atoms with Crippen LogP contribution >= 0.6 is 0 Å². The lowest BCUT2D eigenvalue weighted by Gasteiger charge is -2.28. The Morgan fingerprint density at radius 3 is 2.50 bits per heavy atom. The predicted molar refractivity (Wildman–Crippen MR) is 63.2 cm³/mol. The molecule has 0 aromatic heterocycles. The van der Waals surface area contributed by atoms with E-state index < -0.39 is 16.3 Å². The van der Waals surface area contributed by atoms with Gasteiger partial charge in [0.15, 0.2) is 0 Å². The summed E-state index contributed by atoms with van der Waals surface area (Å²) >= 11 is 0. The summed E-state index contributed by atoms with van der Waals surface area (Å²) in [5, 5.41) is 9.65. The third kappa shape index (κ3) is 4.78. The molecule has 0 aromatic carbocycles. The summed E-state index contributed by atoms with van der Waals surface area (Å²) in [5.74, 6) is 0.271. The van der Waals surface area contributed by atoms with Crippen molar-refractivity contribution in [2.75, 3.05) is 6.54 Å². The van der Waals surface area contributed by atoms with Crippen LogP contribution in [0, 0.1) is 5.92 Å². The Hall–Kier alpha value is -0.170. The van der Waals surface area contributed by atoms with E-state index in [1.165, 1.54) is 0 Å². The minimum absolute atomic E-state index is 0.271. The quantitative estimate of drug-likeness (QED) is 0.659. The fourth-order valence-corrected chi connectivity index (χ4v) is 3.08. The van der Waals surface area contributed by atoms with E-state index in [0.29, 0.717) is 19.4 Å². The predicted octanol–water partition coefficient (Wildman–Crippen LogP) is 0.370. The Balaban J connectivity index is 2.44. The lowest BCUT2D eigenvalue weighted by atomic mass is 9.93. The van der Waals surface area contributed by atoms with Crippen molar-refractivity contribution in [1.82, 2.24) is 9.44 Å². The number of aliphatic hydroxyl groups is 1. The second-order valence-electron chi connectivity index (χ2n) is 4.82. The summed E-state index contributed by atoms with van der Waals surface area (Å²) in [4.78, 5) is 0. The summed E-state index contributed by atoms with van der Waals surface area (Å²) in [5.41, 5.74) is 0. The molecule has 5 nitrogen and oxygen atoms in total. The molecular weight excluding hydrogens is 228 g/mol. The third-order valence-electron chi connectivity index (χ3n) is 2.72. The van der Waals surface area contributed by atoms with Crippen LogP contribution in [0.4, 0.5) is 0 Å². The van der Waals surface area contributed by atoms with Crippen LogP contribution in [0.25, 0.3) is 0 Å². The van der Waals surface area contributed by atoms with Gasteiger partial charge >= 0.3 is 0 Å². The second-order valence-corrected chi connectivity index (χ2v) is 6.35. The number of hydrogen-bond acceptors (Lipinski definition) is 3. The van der Waals surface area contributed by atoms with Gasteiger partial charge in [0.1, 0.15) is 0 Å². The maximum absolute atomic E-state index is 11.6. The van der Waals surface area contributed by atoms with Gasteiger partial charge in [-0.3, -0.25) is 0 Å². The molecule has 0 heterocycles. The first-order valence-corrected chi connectivity index (χ1v) is 7.34. The summed E-state index contributed by atoms with van der Waals surface area (Å²) < 4.78 is 28.2. The highest BCUT2D eigenvalue weighted by Crippen LogP contribution is 2.18. The van der Waals surface area contributed by atoms with Crippen molar-refractivity contribution in [2.45, 2.75) is 51.7 Å². The fraction of sp³-hybridized carbons (Fsp3) is 1.00. The van der Waals surface area contributed by atoms with Crippen LogP contribution in [-0.2, 0) is 10.2 Å². The van der Waals surface area contributed by atoms with Gasteiger partial charge in [-0.1, -0.05) is 26.7 Å². The molecule has 16 heavy (non-hydrogen) atoms. The molecule has 0 saturated heterocycles. The Morgan fingerprint density at radius 1 is 1.31 bits per heavy atom. The lowest BCUT2D eigenvalue weighted by molar-refractivity contribution is 0.101. The lowest BCUT2D eigenvalue weighted by Crippen LogP contribution is -2.49. The summed E-state index contributed by atoms with van der Waals surface area (Å²) in [6, 6.07) is -0.335. The zero-order valence-corrected chi connectivity index (χ0v) is 10.8. The molecule has 0 aromatic rings. The molecule has 0 spiro atoms. The van der Waals surface area contributed by atoms with Gasteiger partial charge in [0, 0.05) is 12.6 Å². The molecular formula is C10H22N2O3S. The monoisotopic (exact) mass is 250 g/mol. The highest BCUT2D eigenvalue weighted by atomic mass is 32.2. The van der Waals surface area contributed by atoms with E-state index in [-0.39, 0.29) is 12.0 Å². The van der Waals surface area contributed by atoms with Crippen LogP contribution in [-0.4, -0.2) is 32.2 Å². The van der Waals surface area contributed by atoms with Gasteiger partial charge in [0.2, 0.25) is 0 Å². The Morgan fingerprint density at radius 2 is 1.94 bits per heavy atom. The van der Waals surface area contributed by atoms with Crippen LogP contribution in [0.2, 0.25) is 0 Å². The van der Waals surface area contributed by atoms with Gasteiger partial charge in [-0.15, -0.1) is 0 Å². The SMILES string of the molecule is CC(C)CNS(=O)(=O)N[C@@H]1CCCC[C@H]1O. The highest BCUT2D eigenvalue weighted by molar-refractivity contribution is 7.87. The molecule has 0 unspecified atom stereocenters. The van der Waals surface area contributed by atoms with Crippen molar-refractivity contribution < 1.29 is 13.5 Å². The maximum Gasteiger partial charge on any atom is 0.277 e. The number of aliphatic hydroxyl groups excluding tert-OH is 1. The minimum Gasteiger partial charge on any atom is -0.391 e. The molecule has 0 amide bonds. The Kier molecular flexibility index (Phi) is 5.17. The van der Waals surface area contributed by atoms with E-state index in [1.807, 2.05) is 13.8 Å². The Labute approximate surface area is 97.8 Å². The first-order chi connectivity index (χ1) is 7.41. The first-order valence-electron chi connectivity index (χ1n) is 5.85. The average molecular weight is 250 g/mol. The molecule has 96 valence electrons. The van der Waals surface area contributed by atoms with Crippen molar-refractivity contribution in [3.8, 4) is 0 Å². The average Bonchev–Trinajstić information content (AvgIpc) is 2.19.